The van der Waals surface area contributed by atoms with Crippen LogP contribution in [0.4, 0.5) is 0 Å². The molecule has 1 aliphatic rings. The van der Waals surface area contributed by atoms with Crippen LogP contribution in [0.2, 0.25) is 0 Å². The van der Waals surface area contributed by atoms with Crippen molar-refractivity contribution >= 4 is 22.8 Å². The molecule has 0 aliphatic carbocycles. The van der Waals surface area contributed by atoms with Gasteiger partial charge in [0.15, 0.2) is 0 Å². The molecule has 1 heterocycles. The lowest BCUT2D eigenvalue weighted by Crippen LogP contribution is -1.94. The van der Waals surface area contributed by atoms with E-state index in [2.05, 4.69) is 0 Å². The fourth-order valence-corrected chi connectivity index (χ4v) is 3.55. The van der Waals surface area contributed by atoms with Crippen LogP contribution in [-0.4, -0.2) is 0 Å². The molecule has 1 aliphatic heterocycles. The third-order valence-electron chi connectivity index (χ3n) is 5.14. The number of nitrogens with zero attached hydrogens (tertiary/aromatic N) is 4. The van der Waals surface area contributed by atoms with Crippen molar-refractivity contribution in [1.82, 2.24) is 0 Å². The molecule has 4 heteroatoms. The van der Waals surface area contributed by atoms with E-state index in [0.29, 0.717) is 22.8 Å². The molecular weight excluding hydrogens is 392 g/mol. The molecule has 4 aromatic carbocycles. The van der Waals surface area contributed by atoms with E-state index in [-0.39, 0.29) is 0 Å². The van der Waals surface area contributed by atoms with Crippen molar-refractivity contribution < 1.29 is 0 Å². The molecule has 152 valence electrons. The molecule has 5 rings (SSSR count). The Hall–Kier alpha value is -4.44. The number of azo groups is 2. The lowest BCUT2D eigenvalue weighted by atomic mass is 10.0. The SMILES string of the molecule is c1ccc(C2=C(c3ccccc3)/N=N/C(c3ccccc3)=C(c3ccccc3)\N=N\2)cc1. The second kappa shape index (κ2) is 9.14. The van der Waals surface area contributed by atoms with Crippen LogP contribution in [0.5, 0.6) is 0 Å². The van der Waals surface area contributed by atoms with Crippen LogP contribution in [0.3, 0.4) is 0 Å². The second-order valence-corrected chi connectivity index (χ2v) is 7.26. The van der Waals surface area contributed by atoms with Crippen molar-refractivity contribution in [2.45, 2.75) is 0 Å². The monoisotopic (exact) mass is 412 g/mol. The average molecular weight is 412 g/mol. The van der Waals surface area contributed by atoms with Gasteiger partial charge in [-0.2, -0.15) is 0 Å². The van der Waals surface area contributed by atoms with Gasteiger partial charge in [-0.3, -0.25) is 0 Å². The molecule has 32 heavy (non-hydrogen) atoms. The van der Waals surface area contributed by atoms with Gasteiger partial charge in [-0.05, 0) is 0 Å². The highest BCUT2D eigenvalue weighted by Crippen LogP contribution is 2.36. The molecule has 4 aromatic rings. The van der Waals surface area contributed by atoms with E-state index >= 15 is 0 Å². The van der Waals surface area contributed by atoms with E-state index in [9.17, 15) is 0 Å². The zero-order valence-electron chi connectivity index (χ0n) is 17.3. The van der Waals surface area contributed by atoms with E-state index in [1.165, 1.54) is 0 Å². The summed E-state index contributed by atoms with van der Waals surface area (Å²) in [5.41, 5.74) is 6.47. The van der Waals surface area contributed by atoms with Gasteiger partial charge < -0.3 is 0 Å². The maximum Gasteiger partial charge on any atom is 0.121 e. The first-order chi connectivity index (χ1) is 15.9. The molecule has 0 fully saturated rings. The van der Waals surface area contributed by atoms with Gasteiger partial charge >= 0.3 is 0 Å². The van der Waals surface area contributed by atoms with Gasteiger partial charge in [0.2, 0.25) is 0 Å². The standard InChI is InChI=1S/C28H20N4/c1-5-13-21(14-6-1)25-26(22-15-7-2-8-16-22)30-32-28(24-19-11-4-12-20-24)27(31-29-25)23-17-9-3-10-18-23/h1-20H/b26-25-,28-27-,29-25?,30-26?,31-27?,31-29+,32-28?,32-30+. The molecule has 0 amide bonds. The first kappa shape index (κ1) is 19.5. The van der Waals surface area contributed by atoms with Crippen LogP contribution in [0.1, 0.15) is 22.3 Å². The number of rotatable bonds is 4. The van der Waals surface area contributed by atoms with Crippen molar-refractivity contribution in [3.8, 4) is 0 Å². The third kappa shape index (κ3) is 4.07. The van der Waals surface area contributed by atoms with Gasteiger partial charge in [0.05, 0.1) is 0 Å². The van der Waals surface area contributed by atoms with Crippen molar-refractivity contribution in [3.05, 3.63) is 144 Å². The zero-order valence-corrected chi connectivity index (χ0v) is 17.3. The fourth-order valence-electron chi connectivity index (χ4n) is 3.55. The zero-order chi connectivity index (χ0) is 21.6. The largest absolute Gasteiger partial charge is 0.147 e. The Balaban J connectivity index is 1.75. The van der Waals surface area contributed by atoms with Crippen LogP contribution in [0.15, 0.2) is 142 Å². The minimum absolute atomic E-state index is 0.682. The highest BCUT2D eigenvalue weighted by Gasteiger charge is 2.18. The molecule has 0 saturated carbocycles. The van der Waals surface area contributed by atoms with Crippen molar-refractivity contribution in [2.24, 2.45) is 20.5 Å². The quantitative estimate of drug-likeness (QED) is 0.326. The Morgan fingerprint density at radius 1 is 0.250 bits per heavy atom. The molecule has 0 spiro atoms. The maximum absolute atomic E-state index is 4.74. The minimum Gasteiger partial charge on any atom is -0.147 e. The van der Waals surface area contributed by atoms with Crippen LogP contribution in [0, 0.1) is 0 Å². The van der Waals surface area contributed by atoms with E-state index in [1.54, 1.807) is 0 Å². The number of hydrogen-bond donors (Lipinski definition) is 0. The summed E-state index contributed by atoms with van der Waals surface area (Å²) in [7, 11) is 0. The lowest BCUT2D eigenvalue weighted by Gasteiger charge is -2.13. The Kier molecular flexibility index (Phi) is 5.58. The average Bonchev–Trinajstić information content (AvgIpc) is 2.86. The van der Waals surface area contributed by atoms with E-state index in [4.69, 9.17) is 20.5 Å². The predicted octanol–water partition coefficient (Wildman–Crippen LogP) is 7.96. The van der Waals surface area contributed by atoms with Gasteiger partial charge in [-0.25, -0.2) is 0 Å². The smallest absolute Gasteiger partial charge is 0.121 e. The van der Waals surface area contributed by atoms with Crippen LogP contribution in [0.25, 0.3) is 22.8 Å². The summed E-state index contributed by atoms with van der Waals surface area (Å²) in [5.74, 6) is 0. The number of benzene rings is 4. The highest BCUT2D eigenvalue weighted by molar-refractivity contribution is 5.93. The van der Waals surface area contributed by atoms with Crippen LogP contribution in [-0.2, 0) is 0 Å². The summed E-state index contributed by atoms with van der Waals surface area (Å²) < 4.78 is 0. The highest BCUT2D eigenvalue weighted by atomic mass is 15.2. The van der Waals surface area contributed by atoms with Crippen LogP contribution < -0.4 is 0 Å². The van der Waals surface area contributed by atoms with E-state index < -0.39 is 0 Å². The minimum atomic E-state index is 0.682. The summed E-state index contributed by atoms with van der Waals surface area (Å²) in [4.78, 5) is 0. The lowest BCUT2D eigenvalue weighted by molar-refractivity contribution is 1.17. The number of hydrogen-bond acceptors (Lipinski definition) is 4. The summed E-state index contributed by atoms with van der Waals surface area (Å²) in [6.45, 7) is 0. The van der Waals surface area contributed by atoms with Crippen molar-refractivity contribution in [2.75, 3.05) is 0 Å². The molecule has 0 atom stereocenters. The molecule has 0 bridgehead atoms. The Labute approximate surface area is 187 Å². The van der Waals surface area contributed by atoms with Gasteiger partial charge in [-0.1, -0.05) is 121 Å². The first-order valence-electron chi connectivity index (χ1n) is 10.4. The van der Waals surface area contributed by atoms with Gasteiger partial charge in [0.25, 0.3) is 0 Å². The van der Waals surface area contributed by atoms with Gasteiger partial charge in [-0.15, -0.1) is 20.5 Å². The maximum atomic E-state index is 4.74. The van der Waals surface area contributed by atoms with E-state index in [1.807, 2.05) is 121 Å². The molecule has 0 unspecified atom stereocenters. The molecule has 4 nitrogen and oxygen atoms in total. The summed E-state index contributed by atoms with van der Waals surface area (Å²) in [6, 6.07) is 39.9. The van der Waals surface area contributed by atoms with Crippen molar-refractivity contribution in [3.63, 3.8) is 0 Å². The van der Waals surface area contributed by atoms with Gasteiger partial charge in [0, 0.05) is 22.3 Å². The fraction of sp³-hybridized carbons (Fsp3) is 0. The molecular formula is C28H20N4. The van der Waals surface area contributed by atoms with Crippen molar-refractivity contribution in [1.29, 1.82) is 0 Å². The third-order valence-corrected chi connectivity index (χ3v) is 5.14. The molecule has 0 radical (unpaired) electrons. The molecule has 0 saturated heterocycles. The Morgan fingerprint density at radius 2 is 0.438 bits per heavy atom. The van der Waals surface area contributed by atoms with Crippen LogP contribution >= 0.6 is 0 Å². The molecule has 0 aromatic heterocycles. The first-order valence-corrected chi connectivity index (χ1v) is 10.4. The summed E-state index contributed by atoms with van der Waals surface area (Å²) in [5, 5.41) is 19.0. The normalized spacial score (nSPS) is 20.2. The Morgan fingerprint density at radius 3 is 0.625 bits per heavy atom. The predicted molar refractivity (Wildman–Crippen MR) is 129 cm³/mol. The topological polar surface area (TPSA) is 49.4 Å². The van der Waals surface area contributed by atoms with Gasteiger partial charge in [0.1, 0.15) is 22.8 Å². The Bertz CT molecular complexity index is 1110. The summed E-state index contributed by atoms with van der Waals surface area (Å²) >= 11 is 0. The molecule has 0 N–H and O–H groups in total. The summed E-state index contributed by atoms with van der Waals surface area (Å²) in [6.07, 6.45) is 0. The van der Waals surface area contributed by atoms with E-state index in [0.717, 1.165) is 22.3 Å². The second-order valence-electron chi connectivity index (χ2n) is 7.26.